The third-order valence-corrected chi connectivity index (χ3v) is 8.43. The molecule has 0 bridgehead atoms. The van der Waals surface area contributed by atoms with Crippen molar-refractivity contribution in [2.24, 2.45) is 5.92 Å². The van der Waals surface area contributed by atoms with Crippen LogP contribution in [0, 0.1) is 5.92 Å². The predicted octanol–water partition coefficient (Wildman–Crippen LogP) is 7.84. The number of carboxylic acids is 1. The van der Waals surface area contributed by atoms with Crippen LogP contribution in [-0.4, -0.2) is 30.7 Å². The van der Waals surface area contributed by atoms with Gasteiger partial charge in [0, 0.05) is 35.2 Å². The van der Waals surface area contributed by atoms with Gasteiger partial charge in [0.2, 0.25) is 0 Å². The number of carbonyl (C=O) groups is 1. The molecule has 0 radical (unpaired) electrons. The van der Waals surface area contributed by atoms with Gasteiger partial charge >= 0.3 is 5.97 Å². The highest BCUT2D eigenvalue weighted by Gasteiger charge is 2.31. The van der Waals surface area contributed by atoms with E-state index in [0.717, 1.165) is 46.2 Å². The minimum absolute atomic E-state index is 0.0144. The van der Waals surface area contributed by atoms with Crippen LogP contribution in [0.25, 0.3) is 28.0 Å². The maximum atomic E-state index is 13.8. The van der Waals surface area contributed by atoms with Gasteiger partial charge in [-0.3, -0.25) is 9.78 Å². The highest BCUT2D eigenvalue weighted by molar-refractivity contribution is 9.10. The topological polar surface area (TPSA) is 83.6 Å². The Morgan fingerprint density at radius 2 is 1.78 bits per heavy atom. The van der Waals surface area contributed by atoms with Gasteiger partial charge in [0.1, 0.15) is 0 Å². The zero-order valence-electron chi connectivity index (χ0n) is 19.4. The van der Waals surface area contributed by atoms with E-state index in [1.165, 1.54) is 4.52 Å². The summed E-state index contributed by atoms with van der Waals surface area (Å²) in [6, 6.07) is 13.7. The molecule has 1 aromatic carbocycles. The smallest absolute Gasteiger partial charge is 0.303 e. The average molecular weight is 607 g/mol. The standard InChI is InChI=1S/C25H22BrF2N5O2S2/c26-22-23(17-8-6-15(7-9-17)12-21(34)35)31-24-19(14-30-32(24)25(22)33(36-27)37-28)18-10-11-20(29-13-18)16-4-2-1-3-5-16/h1-5,10-11,13-15,17H,6-9,12H2,(H,34,35). The summed E-state index contributed by atoms with van der Waals surface area (Å²) in [5.74, 6) is -0.471. The number of aromatic nitrogens is 4. The SMILES string of the molecule is O=C(O)CC1CCC(c2nc3c(-c4ccc(-c5ccccc5)nc4)cnn3c(N(SF)SF)c2Br)CC1. The molecule has 0 spiro atoms. The molecule has 0 aliphatic heterocycles. The molecule has 0 saturated heterocycles. The maximum Gasteiger partial charge on any atom is 0.303 e. The van der Waals surface area contributed by atoms with Gasteiger partial charge in [-0.25, -0.2) is 4.98 Å². The Morgan fingerprint density at radius 3 is 2.41 bits per heavy atom. The fraction of sp³-hybridized carbons (Fsp3) is 0.280. The zero-order valence-corrected chi connectivity index (χ0v) is 22.6. The molecule has 3 heterocycles. The molecule has 1 aliphatic carbocycles. The fourth-order valence-corrected chi connectivity index (χ4v) is 6.45. The van der Waals surface area contributed by atoms with Gasteiger partial charge < -0.3 is 5.11 Å². The number of aliphatic carboxylic acids is 1. The van der Waals surface area contributed by atoms with E-state index in [4.69, 9.17) is 10.1 Å². The van der Waals surface area contributed by atoms with E-state index in [9.17, 15) is 12.6 Å². The largest absolute Gasteiger partial charge is 0.481 e. The van der Waals surface area contributed by atoms with Crippen molar-refractivity contribution in [2.45, 2.75) is 38.0 Å². The van der Waals surface area contributed by atoms with E-state index >= 15 is 0 Å². The maximum absolute atomic E-state index is 13.8. The van der Waals surface area contributed by atoms with E-state index in [-0.39, 0.29) is 48.7 Å². The second-order valence-electron chi connectivity index (χ2n) is 8.94. The van der Waals surface area contributed by atoms with Crippen molar-refractivity contribution in [1.29, 1.82) is 0 Å². The Labute approximate surface area is 229 Å². The second kappa shape index (κ2) is 11.4. The molecule has 0 atom stereocenters. The van der Waals surface area contributed by atoms with Gasteiger partial charge in [-0.05, 0) is 53.6 Å². The first-order valence-corrected chi connectivity index (χ1v) is 13.8. The van der Waals surface area contributed by atoms with Gasteiger partial charge in [-0.2, -0.15) is 13.3 Å². The van der Waals surface area contributed by atoms with Crippen LogP contribution in [0.15, 0.2) is 59.3 Å². The van der Waals surface area contributed by atoms with Gasteiger partial charge in [0.25, 0.3) is 0 Å². The van der Waals surface area contributed by atoms with Crippen molar-refractivity contribution in [2.75, 3.05) is 3.71 Å². The van der Waals surface area contributed by atoms with Crippen LogP contribution in [-0.2, 0) is 4.79 Å². The Kier molecular flexibility index (Phi) is 7.96. The number of carboxylic acid groups (broad SMARTS) is 1. The normalized spacial score (nSPS) is 17.7. The van der Waals surface area contributed by atoms with Crippen molar-refractivity contribution in [1.82, 2.24) is 19.6 Å². The molecule has 1 N–H and O–H groups in total. The zero-order chi connectivity index (χ0) is 25.9. The first-order valence-electron chi connectivity index (χ1n) is 11.7. The number of nitrogens with zero attached hydrogens (tertiary/aromatic N) is 5. The number of hydrogen-bond acceptors (Lipinski definition) is 7. The van der Waals surface area contributed by atoms with Crippen LogP contribution < -0.4 is 3.71 Å². The molecule has 4 aromatic rings. The van der Waals surface area contributed by atoms with Crippen LogP contribution in [0.2, 0.25) is 0 Å². The van der Waals surface area contributed by atoms with Crippen LogP contribution in [0.5, 0.6) is 0 Å². The van der Waals surface area contributed by atoms with E-state index in [0.29, 0.717) is 21.4 Å². The van der Waals surface area contributed by atoms with Crippen LogP contribution in [0.3, 0.4) is 0 Å². The molecule has 0 unspecified atom stereocenters. The number of pyridine rings is 1. The average Bonchev–Trinajstić information content (AvgIpc) is 3.34. The van der Waals surface area contributed by atoms with E-state index in [1.54, 1.807) is 12.4 Å². The Morgan fingerprint density at radius 1 is 1.05 bits per heavy atom. The van der Waals surface area contributed by atoms with E-state index in [2.05, 4.69) is 26.0 Å². The van der Waals surface area contributed by atoms with Gasteiger partial charge in [0.15, 0.2) is 36.1 Å². The lowest BCUT2D eigenvalue weighted by atomic mass is 9.79. The van der Waals surface area contributed by atoms with Crippen molar-refractivity contribution < 1.29 is 17.7 Å². The summed E-state index contributed by atoms with van der Waals surface area (Å²) in [6.07, 6.45) is 6.49. The third kappa shape index (κ3) is 5.32. The summed E-state index contributed by atoms with van der Waals surface area (Å²) in [6.45, 7) is 0. The summed E-state index contributed by atoms with van der Waals surface area (Å²) in [5.41, 5.74) is 4.43. The number of fused-ring (bicyclic) bond motifs is 1. The number of halogens is 3. The van der Waals surface area contributed by atoms with Gasteiger partial charge in [-0.15, -0.1) is 7.77 Å². The van der Waals surface area contributed by atoms with Crippen LogP contribution >= 0.6 is 40.6 Å². The van der Waals surface area contributed by atoms with Crippen LogP contribution in [0.4, 0.5) is 13.6 Å². The molecule has 0 amide bonds. The minimum Gasteiger partial charge on any atom is -0.481 e. The summed E-state index contributed by atoms with van der Waals surface area (Å²) in [4.78, 5) is 20.7. The molecular weight excluding hydrogens is 584 g/mol. The summed E-state index contributed by atoms with van der Waals surface area (Å²) >= 11 is 3.03. The third-order valence-electron chi connectivity index (χ3n) is 6.73. The van der Waals surface area contributed by atoms with Crippen molar-refractivity contribution in [3.8, 4) is 22.4 Å². The monoisotopic (exact) mass is 605 g/mol. The molecule has 1 fully saturated rings. The number of benzene rings is 1. The molecule has 1 saturated carbocycles. The summed E-state index contributed by atoms with van der Waals surface area (Å²) < 4.78 is 30.2. The molecule has 37 heavy (non-hydrogen) atoms. The van der Waals surface area contributed by atoms with Crippen molar-refractivity contribution >= 4 is 58.0 Å². The molecular formula is C25H22BrF2N5O2S2. The summed E-state index contributed by atoms with van der Waals surface area (Å²) in [5, 5.41) is 13.6. The first-order chi connectivity index (χ1) is 18.0. The number of rotatable bonds is 8. The Hall–Kier alpha value is -2.70. The molecule has 12 heteroatoms. The highest BCUT2D eigenvalue weighted by atomic mass is 79.9. The molecule has 1 aliphatic rings. The highest BCUT2D eigenvalue weighted by Crippen LogP contribution is 2.45. The lowest BCUT2D eigenvalue weighted by Gasteiger charge is -2.29. The minimum atomic E-state index is -0.794. The lowest BCUT2D eigenvalue weighted by molar-refractivity contribution is -0.138. The van der Waals surface area contributed by atoms with Gasteiger partial charge in [0.05, 0.1) is 22.1 Å². The summed E-state index contributed by atoms with van der Waals surface area (Å²) in [7, 11) is 0. The van der Waals surface area contributed by atoms with E-state index < -0.39 is 5.97 Å². The van der Waals surface area contributed by atoms with Crippen LogP contribution in [0.1, 0.15) is 43.7 Å². The molecule has 192 valence electrons. The molecule has 3 aromatic heterocycles. The number of anilines is 1. The number of hydrogen-bond donors (Lipinski definition) is 1. The van der Waals surface area contributed by atoms with Crippen molar-refractivity contribution in [3.63, 3.8) is 0 Å². The predicted molar refractivity (Wildman–Crippen MR) is 146 cm³/mol. The lowest BCUT2D eigenvalue weighted by Crippen LogP contribution is -2.19. The second-order valence-corrected chi connectivity index (χ2v) is 11.0. The fourth-order valence-electron chi connectivity index (χ4n) is 4.90. The first kappa shape index (κ1) is 25.9. The van der Waals surface area contributed by atoms with Gasteiger partial charge in [-0.1, -0.05) is 36.4 Å². The quantitative estimate of drug-likeness (QED) is 0.203. The van der Waals surface area contributed by atoms with Crippen molar-refractivity contribution in [3.05, 3.63) is 65.0 Å². The molecule has 5 rings (SSSR count). The Balaban J connectivity index is 1.56. The Bertz CT molecular complexity index is 1400. The molecule has 7 nitrogen and oxygen atoms in total. The van der Waals surface area contributed by atoms with E-state index in [1.807, 2.05) is 42.5 Å².